The second-order valence-corrected chi connectivity index (χ2v) is 2.38. The molecule has 1 aromatic carbocycles. The van der Waals surface area contributed by atoms with Crippen molar-refractivity contribution in [3.63, 3.8) is 0 Å². The van der Waals surface area contributed by atoms with E-state index in [1.54, 1.807) is 12.1 Å². The number of phenolic OH excluding ortho intramolecular Hbond substituents is 1. The van der Waals surface area contributed by atoms with Gasteiger partial charge >= 0.3 is 0 Å². The molecule has 0 fully saturated rings. The quantitative estimate of drug-likeness (QED) is 0.704. The van der Waals surface area contributed by atoms with Crippen molar-refractivity contribution in [3.05, 3.63) is 29.1 Å². The molecule has 0 atom stereocenters. The van der Waals surface area contributed by atoms with E-state index in [0.717, 1.165) is 6.07 Å². The van der Waals surface area contributed by atoms with Crippen LogP contribution in [0.1, 0.15) is 11.1 Å². The van der Waals surface area contributed by atoms with Crippen LogP contribution >= 0.6 is 0 Å². The monoisotopic (exact) mass is 176 g/mol. The van der Waals surface area contributed by atoms with E-state index >= 15 is 0 Å². The van der Waals surface area contributed by atoms with Crippen molar-refractivity contribution in [2.45, 2.75) is 6.42 Å². The van der Waals surface area contributed by atoms with E-state index in [-0.39, 0.29) is 12.0 Å². The van der Waals surface area contributed by atoms with Crippen LogP contribution in [0.4, 0.5) is 4.39 Å². The van der Waals surface area contributed by atoms with E-state index in [4.69, 9.17) is 15.6 Å². The average Bonchev–Trinajstić information content (AvgIpc) is 2.12. The highest BCUT2D eigenvalue weighted by Crippen LogP contribution is 2.22. The molecule has 0 aliphatic heterocycles. The van der Waals surface area contributed by atoms with Crippen molar-refractivity contribution in [2.24, 2.45) is 0 Å². The van der Waals surface area contributed by atoms with Crippen molar-refractivity contribution < 1.29 is 9.50 Å². The Hall–Kier alpha value is -2.07. The molecule has 0 aliphatic rings. The third-order valence-electron chi connectivity index (χ3n) is 1.59. The molecule has 0 aromatic heterocycles. The Morgan fingerprint density at radius 2 is 2.08 bits per heavy atom. The molecule has 0 heterocycles. The minimum Gasteiger partial charge on any atom is -0.505 e. The van der Waals surface area contributed by atoms with Crippen molar-refractivity contribution >= 4 is 0 Å². The zero-order valence-corrected chi connectivity index (χ0v) is 6.58. The van der Waals surface area contributed by atoms with E-state index in [9.17, 15) is 4.39 Å². The molecule has 1 N–H and O–H groups in total. The highest BCUT2D eigenvalue weighted by molar-refractivity contribution is 5.45. The summed E-state index contributed by atoms with van der Waals surface area (Å²) in [5.74, 6) is -1.53. The molecule has 13 heavy (non-hydrogen) atoms. The Balaban J connectivity index is 3.34. The van der Waals surface area contributed by atoms with Gasteiger partial charge in [-0.15, -0.1) is 0 Å². The number of nitrogens with zero attached hydrogens (tertiary/aromatic N) is 2. The summed E-state index contributed by atoms with van der Waals surface area (Å²) < 4.78 is 13.0. The summed E-state index contributed by atoms with van der Waals surface area (Å²) in [5.41, 5.74) is 0.0295. The Labute approximate surface area is 74.3 Å². The molecule has 0 saturated carbocycles. The number of phenols is 1. The first-order valence-electron chi connectivity index (χ1n) is 3.48. The molecular formula is C9H5FN2O. The van der Waals surface area contributed by atoms with Crippen molar-refractivity contribution in [1.82, 2.24) is 0 Å². The lowest BCUT2D eigenvalue weighted by atomic mass is 10.1. The first-order valence-corrected chi connectivity index (χ1v) is 3.48. The highest BCUT2D eigenvalue weighted by atomic mass is 19.1. The fraction of sp³-hybridized carbons (Fsp3) is 0.111. The van der Waals surface area contributed by atoms with Crippen LogP contribution in [-0.2, 0) is 6.42 Å². The Morgan fingerprint density at radius 1 is 1.38 bits per heavy atom. The van der Waals surface area contributed by atoms with Crippen molar-refractivity contribution in [3.8, 4) is 17.9 Å². The normalized spacial score (nSPS) is 8.85. The minimum absolute atomic E-state index is 0.0416. The van der Waals surface area contributed by atoms with Gasteiger partial charge in [0, 0.05) is 0 Å². The van der Waals surface area contributed by atoms with Gasteiger partial charge in [-0.3, -0.25) is 0 Å². The zero-order valence-electron chi connectivity index (χ0n) is 6.58. The number of hydrogen-bond donors (Lipinski definition) is 1. The van der Waals surface area contributed by atoms with Gasteiger partial charge in [0.2, 0.25) is 0 Å². The maximum absolute atomic E-state index is 13.0. The van der Waals surface area contributed by atoms with Crippen LogP contribution in [0.15, 0.2) is 12.1 Å². The molecule has 0 amide bonds. The first-order chi connectivity index (χ1) is 6.20. The van der Waals surface area contributed by atoms with Crippen molar-refractivity contribution in [1.29, 1.82) is 10.5 Å². The van der Waals surface area contributed by atoms with Gasteiger partial charge in [0.05, 0.1) is 18.1 Å². The van der Waals surface area contributed by atoms with E-state index in [1.807, 2.05) is 0 Å². The number of aromatic hydroxyl groups is 1. The molecule has 1 aromatic rings. The average molecular weight is 176 g/mol. The van der Waals surface area contributed by atoms with E-state index < -0.39 is 11.6 Å². The fourth-order valence-electron chi connectivity index (χ4n) is 0.958. The van der Waals surface area contributed by atoms with E-state index in [2.05, 4.69) is 0 Å². The second-order valence-electron chi connectivity index (χ2n) is 2.38. The van der Waals surface area contributed by atoms with Crippen LogP contribution in [-0.4, -0.2) is 5.11 Å². The van der Waals surface area contributed by atoms with Crippen LogP contribution < -0.4 is 0 Å². The van der Waals surface area contributed by atoms with Crippen LogP contribution in [0, 0.1) is 28.5 Å². The topological polar surface area (TPSA) is 67.8 Å². The number of hydrogen-bond acceptors (Lipinski definition) is 3. The summed E-state index contributed by atoms with van der Waals surface area (Å²) in [7, 11) is 0. The summed E-state index contributed by atoms with van der Waals surface area (Å²) in [6.07, 6.45) is -0.0416. The maximum Gasteiger partial charge on any atom is 0.182 e. The Kier molecular flexibility index (Phi) is 2.47. The molecule has 3 nitrogen and oxygen atoms in total. The molecule has 0 radical (unpaired) electrons. The predicted molar refractivity (Wildman–Crippen MR) is 42.1 cm³/mol. The van der Waals surface area contributed by atoms with Crippen LogP contribution in [0.5, 0.6) is 5.75 Å². The van der Waals surface area contributed by atoms with Gasteiger partial charge in [0.15, 0.2) is 11.6 Å². The third-order valence-corrected chi connectivity index (χ3v) is 1.59. The number of benzene rings is 1. The lowest BCUT2D eigenvalue weighted by Crippen LogP contribution is -1.93. The lowest BCUT2D eigenvalue weighted by Gasteiger charge is -2.01. The van der Waals surface area contributed by atoms with Crippen LogP contribution in [0.3, 0.4) is 0 Å². The second kappa shape index (κ2) is 3.55. The van der Waals surface area contributed by atoms with Gasteiger partial charge in [-0.25, -0.2) is 4.39 Å². The molecule has 0 unspecified atom stereocenters. The number of nitriles is 2. The number of rotatable bonds is 1. The molecule has 0 aliphatic carbocycles. The van der Waals surface area contributed by atoms with Crippen molar-refractivity contribution in [2.75, 3.05) is 0 Å². The predicted octanol–water partition coefficient (Wildman–Crippen LogP) is 1.47. The largest absolute Gasteiger partial charge is 0.505 e. The van der Waals surface area contributed by atoms with Gasteiger partial charge in [-0.2, -0.15) is 10.5 Å². The van der Waals surface area contributed by atoms with Crippen LogP contribution in [0.25, 0.3) is 0 Å². The Morgan fingerprint density at radius 3 is 2.62 bits per heavy atom. The highest BCUT2D eigenvalue weighted by Gasteiger charge is 2.11. The number of halogens is 1. The fourth-order valence-corrected chi connectivity index (χ4v) is 0.958. The SMILES string of the molecule is N#CCc1ccc(O)c(F)c1C#N. The summed E-state index contributed by atoms with van der Waals surface area (Å²) in [6, 6.07) is 5.90. The molecular weight excluding hydrogens is 171 g/mol. The zero-order chi connectivity index (χ0) is 9.84. The van der Waals surface area contributed by atoms with E-state index in [1.165, 1.54) is 6.07 Å². The molecule has 0 bridgehead atoms. The van der Waals surface area contributed by atoms with Crippen LogP contribution in [0.2, 0.25) is 0 Å². The summed E-state index contributed by atoms with van der Waals surface area (Å²) in [4.78, 5) is 0. The van der Waals surface area contributed by atoms with Gasteiger partial charge in [0.25, 0.3) is 0 Å². The molecule has 0 saturated heterocycles. The summed E-state index contributed by atoms with van der Waals surface area (Å²) in [6.45, 7) is 0. The first kappa shape index (κ1) is 9.02. The van der Waals surface area contributed by atoms with Gasteiger partial charge < -0.3 is 5.11 Å². The summed E-state index contributed by atoms with van der Waals surface area (Å²) in [5, 5.41) is 25.8. The standard InChI is InChI=1S/C9H5FN2O/c10-9-7(5-12)6(3-4-11)1-2-8(9)13/h1-2,13H,3H2. The molecule has 1 rings (SSSR count). The minimum atomic E-state index is -0.963. The third kappa shape index (κ3) is 1.57. The Bertz CT molecular complexity index is 415. The van der Waals surface area contributed by atoms with E-state index in [0.29, 0.717) is 5.56 Å². The maximum atomic E-state index is 13.0. The summed E-state index contributed by atoms with van der Waals surface area (Å²) >= 11 is 0. The van der Waals surface area contributed by atoms with Gasteiger partial charge in [-0.05, 0) is 11.6 Å². The smallest absolute Gasteiger partial charge is 0.182 e. The lowest BCUT2D eigenvalue weighted by molar-refractivity contribution is 0.431. The molecule has 0 spiro atoms. The molecule has 64 valence electrons. The van der Waals surface area contributed by atoms with Gasteiger partial charge in [0.1, 0.15) is 6.07 Å². The van der Waals surface area contributed by atoms with Gasteiger partial charge in [-0.1, -0.05) is 6.07 Å². The molecule has 4 heteroatoms.